The number of amides is 1. The van der Waals surface area contributed by atoms with Crippen LogP contribution in [0, 0.1) is 11.3 Å². The number of aryl methyl sites for hydroxylation is 1. The van der Waals surface area contributed by atoms with Crippen molar-refractivity contribution >= 4 is 11.7 Å². The molecule has 0 unspecified atom stereocenters. The van der Waals surface area contributed by atoms with Gasteiger partial charge in [-0.2, -0.15) is 5.26 Å². The van der Waals surface area contributed by atoms with Gasteiger partial charge in [0.2, 0.25) is 5.91 Å². The number of carbonyl (C=O) groups is 1. The van der Waals surface area contributed by atoms with Crippen molar-refractivity contribution in [2.75, 3.05) is 18.0 Å². The second kappa shape index (κ2) is 8.29. The number of pyridine rings is 1. The molecule has 25 heavy (non-hydrogen) atoms. The number of nitrogens with one attached hydrogen (secondary N) is 1. The van der Waals surface area contributed by atoms with E-state index in [-0.39, 0.29) is 5.91 Å². The monoisotopic (exact) mass is 334 g/mol. The molecule has 2 aromatic rings. The SMILES string of the molecule is N#Cc1ccc(CCC(=O)NC[C@H]2CCCN2c2ccccn2)cc1. The van der Waals surface area contributed by atoms with Gasteiger partial charge in [0.05, 0.1) is 11.6 Å². The summed E-state index contributed by atoms with van der Waals surface area (Å²) < 4.78 is 0. The van der Waals surface area contributed by atoms with Crippen molar-refractivity contribution in [2.24, 2.45) is 0 Å². The van der Waals surface area contributed by atoms with Crippen LogP contribution in [0.3, 0.4) is 0 Å². The summed E-state index contributed by atoms with van der Waals surface area (Å²) >= 11 is 0. The van der Waals surface area contributed by atoms with Crippen molar-refractivity contribution in [1.82, 2.24) is 10.3 Å². The van der Waals surface area contributed by atoms with Gasteiger partial charge in [-0.15, -0.1) is 0 Å². The van der Waals surface area contributed by atoms with Gasteiger partial charge in [0.15, 0.2) is 0 Å². The van der Waals surface area contributed by atoms with Gasteiger partial charge in [0.1, 0.15) is 5.82 Å². The lowest BCUT2D eigenvalue weighted by Crippen LogP contribution is -2.40. The van der Waals surface area contributed by atoms with Crippen LogP contribution in [-0.4, -0.2) is 30.0 Å². The molecule has 0 spiro atoms. The van der Waals surface area contributed by atoms with Crippen LogP contribution in [0.25, 0.3) is 0 Å². The molecule has 1 fully saturated rings. The van der Waals surface area contributed by atoms with E-state index < -0.39 is 0 Å². The maximum atomic E-state index is 12.1. The predicted octanol–water partition coefficient (Wildman–Crippen LogP) is 2.67. The largest absolute Gasteiger partial charge is 0.354 e. The first kappa shape index (κ1) is 17.0. The number of rotatable bonds is 6. The van der Waals surface area contributed by atoms with Gasteiger partial charge >= 0.3 is 0 Å². The molecule has 0 saturated carbocycles. The van der Waals surface area contributed by atoms with Crippen molar-refractivity contribution in [2.45, 2.75) is 31.7 Å². The molecule has 5 heteroatoms. The lowest BCUT2D eigenvalue weighted by atomic mass is 10.1. The molecular formula is C20H22N4O. The molecule has 1 aromatic heterocycles. The van der Waals surface area contributed by atoms with Crippen LogP contribution >= 0.6 is 0 Å². The summed E-state index contributed by atoms with van der Waals surface area (Å²) in [6.45, 7) is 1.64. The molecule has 1 aliphatic rings. The molecule has 1 N–H and O–H groups in total. The number of benzene rings is 1. The summed E-state index contributed by atoms with van der Waals surface area (Å²) in [7, 11) is 0. The fraction of sp³-hybridized carbons (Fsp3) is 0.350. The van der Waals surface area contributed by atoms with E-state index in [1.165, 1.54) is 0 Å². The van der Waals surface area contributed by atoms with E-state index in [4.69, 9.17) is 5.26 Å². The number of hydrogen-bond donors (Lipinski definition) is 1. The first-order chi connectivity index (χ1) is 12.3. The maximum Gasteiger partial charge on any atom is 0.220 e. The minimum absolute atomic E-state index is 0.0669. The van der Waals surface area contributed by atoms with E-state index in [0.29, 0.717) is 31.0 Å². The standard InChI is InChI=1S/C20H22N4O/c21-14-17-8-6-16(7-9-17)10-11-20(25)23-15-18-4-3-13-24(18)19-5-1-2-12-22-19/h1-2,5-9,12,18H,3-4,10-11,13,15H2,(H,23,25)/t18-/m1/s1. The molecule has 1 aliphatic heterocycles. The predicted molar refractivity (Wildman–Crippen MR) is 97.1 cm³/mol. The molecule has 0 bridgehead atoms. The molecule has 1 aromatic carbocycles. The Morgan fingerprint density at radius 2 is 2.12 bits per heavy atom. The fourth-order valence-electron chi connectivity index (χ4n) is 3.20. The third-order valence-electron chi connectivity index (χ3n) is 4.58. The molecule has 1 atom stereocenters. The summed E-state index contributed by atoms with van der Waals surface area (Å²) in [5, 5.41) is 11.9. The van der Waals surface area contributed by atoms with Crippen LogP contribution in [0.15, 0.2) is 48.7 Å². The van der Waals surface area contributed by atoms with E-state index in [9.17, 15) is 4.79 Å². The summed E-state index contributed by atoms with van der Waals surface area (Å²) in [4.78, 5) is 18.8. The average molecular weight is 334 g/mol. The van der Waals surface area contributed by atoms with Gasteiger partial charge < -0.3 is 10.2 Å². The summed E-state index contributed by atoms with van der Waals surface area (Å²) in [6.07, 6.45) is 5.16. The van der Waals surface area contributed by atoms with Crippen LogP contribution < -0.4 is 10.2 Å². The van der Waals surface area contributed by atoms with Gasteiger partial charge in [-0.05, 0) is 49.1 Å². The Morgan fingerprint density at radius 1 is 1.28 bits per heavy atom. The summed E-state index contributed by atoms with van der Waals surface area (Å²) in [5.41, 5.74) is 1.72. The van der Waals surface area contributed by atoms with Crippen LogP contribution in [0.2, 0.25) is 0 Å². The molecule has 3 rings (SSSR count). The fourth-order valence-corrected chi connectivity index (χ4v) is 3.20. The van der Waals surface area contributed by atoms with Crippen LogP contribution in [0.5, 0.6) is 0 Å². The second-order valence-electron chi connectivity index (χ2n) is 6.29. The topological polar surface area (TPSA) is 69.0 Å². The summed E-state index contributed by atoms with van der Waals surface area (Å²) in [6, 6.07) is 15.7. The van der Waals surface area contributed by atoms with Crippen LogP contribution in [0.1, 0.15) is 30.4 Å². The number of aromatic nitrogens is 1. The van der Waals surface area contributed by atoms with E-state index in [0.717, 1.165) is 30.8 Å². The van der Waals surface area contributed by atoms with Gasteiger partial charge in [0, 0.05) is 31.7 Å². The van der Waals surface area contributed by atoms with Gasteiger partial charge in [-0.25, -0.2) is 4.98 Å². The van der Waals surface area contributed by atoms with Crippen molar-refractivity contribution in [3.8, 4) is 6.07 Å². The zero-order valence-corrected chi connectivity index (χ0v) is 14.2. The highest BCUT2D eigenvalue weighted by atomic mass is 16.1. The molecule has 2 heterocycles. The molecule has 0 radical (unpaired) electrons. The van der Waals surface area contributed by atoms with Crippen molar-refractivity contribution in [1.29, 1.82) is 5.26 Å². The van der Waals surface area contributed by atoms with Crippen molar-refractivity contribution in [3.05, 3.63) is 59.8 Å². The molecule has 1 saturated heterocycles. The smallest absolute Gasteiger partial charge is 0.220 e. The Balaban J connectivity index is 1.46. The zero-order valence-electron chi connectivity index (χ0n) is 14.2. The van der Waals surface area contributed by atoms with E-state index >= 15 is 0 Å². The summed E-state index contributed by atoms with van der Waals surface area (Å²) in [5.74, 6) is 1.05. The van der Waals surface area contributed by atoms with E-state index in [2.05, 4.69) is 21.3 Å². The molecular weight excluding hydrogens is 312 g/mol. The zero-order chi connectivity index (χ0) is 17.5. The first-order valence-corrected chi connectivity index (χ1v) is 8.69. The lowest BCUT2D eigenvalue weighted by molar-refractivity contribution is -0.121. The molecule has 5 nitrogen and oxygen atoms in total. The van der Waals surface area contributed by atoms with E-state index in [1.807, 2.05) is 30.3 Å². The molecule has 0 aliphatic carbocycles. The number of carbonyl (C=O) groups excluding carboxylic acids is 1. The Hall–Kier alpha value is -2.87. The highest BCUT2D eigenvalue weighted by molar-refractivity contribution is 5.76. The Kier molecular flexibility index (Phi) is 5.63. The third kappa shape index (κ3) is 4.57. The van der Waals surface area contributed by atoms with Gasteiger partial charge in [-0.3, -0.25) is 4.79 Å². The molecule has 1 amide bonds. The maximum absolute atomic E-state index is 12.1. The van der Waals surface area contributed by atoms with Gasteiger partial charge in [0.25, 0.3) is 0 Å². The molecule has 128 valence electrons. The number of anilines is 1. The second-order valence-corrected chi connectivity index (χ2v) is 6.29. The minimum atomic E-state index is 0.0669. The average Bonchev–Trinajstić information content (AvgIpc) is 3.14. The van der Waals surface area contributed by atoms with Crippen LogP contribution in [0.4, 0.5) is 5.82 Å². The lowest BCUT2D eigenvalue weighted by Gasteiger charge is -2.25. The number of nitrogens with zero attached hydrogens (tertiary/aromatic N) is 3. The Bertz CT molecular complexity index is 737. The van der Waals surface area contributed by atoms with Crippen LogP contribution in [-0.2, 0) is 11.2 Å². The highest BCUT2D eigenvalue weighted by Crippen LogP contribution is 2.22. The van der Waals surface area contributed by atoms with Gasteiger partial charge in [-0.1, -0.05) is 18.2 Å². The van der Waals surface area contributed by atoms with E-state index in [1.54, 1.807) is 18.3 Å². The van der Waals surface area contributed by atoms with Crippen molar-refractivity contribution < 1.29 is 4.79 Å². The quantitative estimate of drug-likeness (QED) is 0.882. The highest BCUT2D eigenvalue weighted by Gasteiger charge is 2.25. The first-order valence-electron chi connectivity index (χ1n) is 8.69. The Morgan fingerprint density at radius 3 is 2.84 bits per heavy atom. The number of nitriles is 1. The normalized spacial score (nSPS) is 16.4. The third-order valence-corrected chi connectivity index (χ3v) is 4.58. The Labute approximate surface area is 148 Å². The van der Waals surface area contributed by atoms with Crippen molar-refractivity contribution in [3.63, 3.8) is 0 Å². The number of hydrogen-bond acceptors (Lipinski definition) is 4. The minimum Gasteiger partial charge on any atom is -0.354 e.